The van der Waals surface area contributed by atoms with E-state index >= 15 is 0 Å². The minimum Gasteiger partial charge on any atom is -0.481 e. The van der Waals surface area contributed by atoms with Crippen LogP contribution in [0.15, 0.2) is 4.47 Å². The number of aryl methyl sites for hydroxylation is 2. The molecule has 1 N–H and O–H groups in total. The number of nitrogens with zero attached hydrogens (tertiary/aromatic N) is 2. The fraction of sp³-hybridized carbons (Fsp3) is 0.667. The molecule has 2 rings (SSSR count). The monoisotopic (exact) mass is 316 g/mol. The lowest BCUT2D eigenvalue weighted by atomic mass is 9.82. The molecule has 0 bridgehead atoms. The summed E-state index contributed by atoms with van der Waals surface area (Å²) in [6.45, 7) is 5.45. The fourth-order valence-corrected chi connectivity index (χ4v) is 2.77. The van der Waals surface area contributed by atoms with E-state index in [1.165, 1.54) is 0 Å². The SMILES string of the molecule is CCn1nc(C)c(Br)c1CC1(C(=O)O)CCOC1. The summed E-state index contributed by atoms with van der Waals surface area (Å²) in [5, 5.41) is 13.9. The number of rotatable bonds is 4. The zero-order valence-electron chi connectivity index (χ0n) is 10.6. The number of aliphatic carboxylic acids is 1. The molecule has 0 aliphatic carbocycles. The second kappa shape index (κ2) is 5.01. The van der Waals surface area contributed by atoms with E-state index in [1.807, 2.05) is 18.5 Å². The Kier molecular flexibility index (Phi) is 3.77. The number of carboxylic acid groups (broad SMARTS) is 1. The van der Waals surface area contributed by atoms with E-state index < -0.39 is 11.4 Å². The highest BCUT2D eigenvalue weighted by atomic mass is 79.9. The van der Waals surface area contributed by atoms with Crippen LogP contribution in [0.5, 0.6) is 0 Å². The van der Waals surface area contributed by atoms with Crippen LogP contribution >= 0.6 is 15.9 Å². The van der Waals surface area contributed by atoms with Crippen molar-refractivity contribution in [3.8, 4) is 0 Å². The maximum absolute atomic E-state index is 11.5. The Labute approximate surface area is 114 Å². The van der Waals surface area contributed by atoms with Crippen molar-refractivity contribution in [2.75, 3.05) is 13.2 Å². The molecule has 1 fully saturated rings. The molecular formula is C12H17BrN2O3. The molecule has 1 atom stereocenters. The first-order valence-electron chi connectivity index (χ1n) is 6.03. The third-order valence-electron chi connectivity index (χ3n) is 3.52. The van der Waals surface area contributed by atoms with Crippen molar-refractivity contribution < 1.29 is 14.6 Å². The first-order chi connectivity index (χ1) is 8.50. The summed E-state index contributed by atoms with van der Waals surface area (Å²) < 4.78 is 8.07. The van der Waals surface area contributed by atoms with Crippen LogP contribution in [0.2, 0.25) is 0 Å². The molecular weight excluding hydrogens is 300 g/mol. The Morgan fingerprint density at radius 1 is 1.67 bits per heavy atom. The van der Waals surface area contributed by atoms with Gasteiger partial charge in [0.2, 0.25) is 0 Å². The maximum atomic E-state index is 11.5. The number of aromatic nitrogens is 2. The molecule has 0 saturated carbocycles. The van der Waals surface area contributed by atoms with Gasteiger partial charge in [0.05, 0.1) is 27.9 Å². The first kappa shape index (κ1) is 13.5. The second-order valence-electron chi connectivity index (χ2n) is 4.73. The number of hydrogen-bond donors (Lipinski definition) is 1. The number of hydrogen-bond acceptors (Lipinski definition) is 3. The smallest absolute Gasteiger partial charge is 0.312 e. The van der Waals surface area contributed by atoms with Gasteiger partial charge in [0.25, 0.3) is 0 Å². The fourth-order valence-electron chi connectivity index (χ4n) is 2.35. The molecule has 2 heterocycles. The van der Waals surface area contributed by atoms with Crippen molar-refractivity contribution in [3.63, 3.8) is 0 Å². The van der Waals surface area contributed by atoms with Gasteiger partial charge in [0, 0.05) is 19.6 Å². The molecule has 1 aromatic rings. The maximum Gasteiger partial charge on any atom is 0.312 e. The van der Waals surface area contributed by atoms with Crippen LogP contribution in [0.25, 0.3) is 0 Å². The highest BCUT2D eigenvalue weighted by Crippen LogP contribution is 2.35. The van der Waals surface area contributed by atoms with Crippen molar-refractivity contribution in [3.05, 3.63) is 15.9 Å². The van der Waals surface area contributed by atoms with Gasteiger partial charge >= 0.3 is 5.97 Å². The number of ether oxygens (including phenoxy) is 1. The van der Waals surface area contributed by atoms with Gasteiger partial charge in [0.1, 0.15) is 0 Å². The molecule has 6 heteroatoms. The highest BCUT2D eigenvalue weighted by Gasteiger charge is 2.43. The van der Waals surface area contributed by atoms with E-state index in [0.717, 1.165) is 22.4 Å². The van der Waals surface area contributed by atoms with Crippen LogP contribution in [0.1, 0.15) is 24.7 Å². The van der Waals surface area contributed by atoms with Crippen LogP contribution in [-0.4, -0.2) is 34.1 Å². The van der Waals surface area contributed by atoms with Gasteiger partial charge in [0.15, 0.2) is 0 Å². The number of halogens is 1. The van der Waals surface area contributed by atoms with Gasteiger partial charge in [-0.1, -0.05) is 0 Å². The number of carboxylic acids is 1. The average Bonchev–Trinajstić information content (AvgIpc) is 2.90. The van der Waals surface area contributed by atoms with Gasteiger partial charge < -0.3 is 9.84 Å². The van der Waals surface area contributed by atoms with Gasteiger partial charge in [-0.2, -0.15) is 5.10 Å². The third-order valence-corrected chi connectivity index (χ3v) is 4.55. The van der Waals surface area contributed by atoms with E-state index in [0.29, 0.717) is 19.4 Å². The summed E-state index contributed by atoms with van der Waals surface area (Å²) in [5.74, 6) is -0.784. The molecule has 0 aromatic carbocycles. The van der Waals surface area contributed by atoms with Crippen LogP contribution in [-0.2, 0) is 22.5 Å². The van der Waals surface area contributed by atoms with E-state index in [-0.39, 0.29) is 6.61 Å². The average molecular weight is 317 g/mol. The van der Waals surface area contributed by atoms with Gasteiger partial charge in [-0.3, -0.25) is 9.48 Å². The number of carbonyl (C=O) groups is 1. The van der Waals surface area contributed by atoms with Crippen molar-refractivity contribution in [1.82, 2.24) is 9.78 Å². The zero-order chi connectivity index (χ0) is 13.3. The van der Waals surface area contributed by atoms with E-state index in [1.54, 1.807) is 0 Å². The zero-order valence-corrected chi connectivity index (χ0v) is 12.2. The normalized spacial score (nSPS) is 23.5. The predicted molar refractivity (Wildman–Crippen MR) is 69.5 cm³/mol. The van der Waals surface area contributed by atoms with Gasteiger partial charge in [-0.05, 0) is 36.2 Å². The quantitative estimate of drug-likeness (QED) is 0.922. The lowest BCUT2D eigenvalue weighted by Crippen LogP contribution is -2.34. The predicted octanol–water partition coefficient (Wildman–Crippen LogP) is 2.01. The Balaban J connectivity index is 2.35. The first-order valence-corrected chi connectivity index (χ1v) is 6.82. The van der Waals surface area contributed by atoms with E-state index in [4.69, 9.17) is 4.74 Å². The highest BCUT2D eigenvalue weighted by molar-refractivity contribution is 9.10. The van der Waals surface area contributed by atoms with Crippen LogP contribution in [0, 0.1) is 12.3 Å². The summed E-state index contributed by atoms with van der Waals surface area (Å²) in [6.07, 6.45) is 1.01. The molecule has 0 amide bonds. The summed E-state index contributed by atoms with van der Waals surface area (Å²) in [7, 11) is 0. The molecule has 100 valence electrons. The molecule has 1 unspecified atom stereocenters. The molecule has 1 aliphatic heterocycles. The standard InChI is InChI=1S/C12H17BrN2O3/c1-3-15-9(10(13)8(2)14-15)6-12(11(16)17)4-5-18-7-12/h3-7H2,1-2H3,(H,16,17). The minimum absolute atomic E-state index is 0.280. The summed E-state index contributed by atoms with van der Waals surface area (Å²) in [5.41, 5.74) is 1.04. The van der Waals surface area contributed by atoms with Crippen molar-refractivity contribution in [2.45, 2.75) is 33.2 Å². The van der Waals surface area contributed by atoms with E-state index in [2.05, 4.69) is 21.0 Å². The molecule has 1 aromatic heterocycles. The van der Waals surface area contributed by atoms with Crippen molar-refractivity contribution in [1.29, 1.82) is 0 Å². The molecule has 5 nitrogen and oxygen atoms in total. The molecule has 1 aliphatic rings. The topological polar surface area (TPSA) is 64.4 Å². The van der Waals surface area contributed by atoms with Gasteiger partial charge in [-0.25, -0.2) is 0 Å². The Bertz CT molecular complexity index is 464. The molecule has 0 radical (unpaired) electrons. The summed E-state index contributed by atoms with van der Waals surface area (Å²) in [4.78, 5) is 11.5. The van der Waals surface area contributed by atoms with Crippen LogP contribution in [0.3, 0.4) is 0 Å². The van der Waals surface area contributed by atoms with Gasteiger partial charge in [-0.15, -0.1) is 0 Å². The van der Waals surface area contributed by atoms with E-state index in [9.17, 15) is 9.90 Å². The third kappa shape index (κ3) is 2.19. The molecule has 0 spiro atoms. The second-order valence-corrected chi connectivity index (χ2v) is 5.52. The lowest BCUT2D eigenvalue weighted by molar-refractivity contribution is -0.149. The Morgan fingerprint density at radius 2 is 2.39 bits per heavy atom. The van der Waals surface area contributed by atoms with Crippen LogP contribution < -0.4 is 0 Å². The van der Waals surface area contributed by atoms with Crippen LogP contribution in [0.4, 0.5) is 0 Å². The molecule has 1 saturated heterocycles. The lowest BCUT2D eigenvalue weighted by Gasteiger charge is -2.22. The summed E-state index contributed by atoms with van der Waals surface area (Å²) in [6, 6.07) is 0. The molecule has 18 heavy (non-hydrogen) atoms. The summed E-state index contributed by atoms with van der Waals surface area (Å²) >= 11 is 3.51. The van der Waals surface area contributed by atoms with Crippen molar-refractivity contribution >= 4 is 21.9 Å². The Morgan fingerprint density at radius 3 is 2.89 bits per heavy atom. The van der Waals surface area contributed by atoms with Crippen molar-refractivity contribution in [2.24, 2.45) is 5.41 Å². The largest absolute Gasteiger partial charge is 0.481 e. The Hall–Kier alpha value is -0.880. The minimum atomic E-state index is -0.804.